The van der Waals surface area contributed by atoms with E-state index in [0.29, 0.717) is 22.1 Å². The van der Waals surface area contributed by atoms with Crippen LogP contribution >= 0.6 is 0 Å². The summed E-state index contributed by atoms with van der Waals surface area (Å²) in [7, 11) is -3.39. The van der Waals surface area contributed by atoms with Gasteiger partial charge in [0, 0.05) is 29.3 Å². The summed E-state index contributed by atoms with van der Waals surface area (Å²) in [6.07, 6.45) is 2.70. The molecule has 3 aromatic rings. The molecular weight excluding hydrogens is 350 g/mol. The number of hydrogen-bond donors (Lipinski definition) is 2. The van der Waals surface area contributed by atoms with Crippen molar-refractivity contribution in [1.29, 1.82) is 0 Å². The number of anilines is 1. The first-order valence-corrected chi connectivity index (χ1v) is 10.3. The van der Waals surface area contributed by atoms with E-state index in [1.165, 1.54) is 0 Å². The Kier molecular flexibility index (Phi) is 4.30. The minimum atomic E-state index is -3.39. The maximum atomic E-state index is 12.4. The molecule has 1 unspecified atom stereocenters. The third-order valence-corrected chi connectivity index (χ3v) is 5.88. The number of hydrogen-bond acceptors (Lipinski definition) is 5. The van der Waals surface area contributed by atoms with Crippen molar-refractivity contribution in [3.05, 3.63) is 40.8 Å². The summed E-state index contributed by atoms with van der Waals surface area (Å²) in [4.78, 5) is 19.8. The fourth-order valence-corrected chi connectivity index (χ4v) is 3.35. The van der Waals surface area contributed by atoms with Gasteiger partial charge in [0.2, 0.25) is 0 Å². The van der Waals surface area contributed by atoms with Crippen molar-refractivity contribution in [1.82, 2.24) is 9.97 Å². The Balaban J connectivity index is 2.37. The van der Waals surface area contributed by atoms with Crippen LogP contribution in [0.25, 0.3) is 21.7 Å². The largest absolute Gasteiger partial charge is 0.367 e. The van der Waals surface area contributed by atoms with Crippen molar-refractivity contribution in [2.24, 2.45) is 5.41 Å². The van der Waals surface area contributed by atoms with Gasteiger partial charge in [-0.2, -0.15) is 0 Å². The van der Waals surface area contributed by atoms with Gasteiger partial charge in [0.1, 0.15) is 5.82 Å². The zero-order valence-corrected chi connectivity index (χ0v) is 16.4. The summed E-state index contributed by atoms with van der Waals surface area (Å²) in [5, 5.41) is 5.11. The van der Waals surface area contributed by atoms with E-state index in [1.54, 1.807) is 30.5 Å². The second-order valence-corrected chi connectivity index (χ2v) is 9.75. The smallest absolute Gasteiger partial charge is 0.258 e. The lowest BCUT2D eigenvalue weighted by Crippen LogP contribution is -2.31. The van der Waals surface area contributed by atoms with E-state index in [-0.39, 0.29) is 21.9 Å². The van der Waals surface area contributed by atoms with E-state index in [9.17, 15) is 13.2 Å². The first-order valence-electron chi connectivity index (χ1n) is 8.40. The number of fused-ring (bicyclic) bond motifs is 3. The summed E-state index contributed by atoms with van der Waals surface area (Å²) in [6, 6.07) is 6.65. The van der Waals surface area contributed by atoms with Crippen molar-refractivity contribution < 1.29 is 8.42 Å². The first kappa shape index (κ1) is 18.4. The van der Waals surface area contributed by atoms with Crippen LogP contribution in [-0.4, -0.2) is 30.7 Å². The lowest BCUT2D eigenvalue weighted by molar-refractivity contribution is 0.359. The van der Waals surface area contributed by atoms with Gasteiger partial charge in [0.15, 0.2) is 9.84 Å². The van der Waals surface area contributed by atoms with Crippen LogP contribution in [0.1, 0.15) is 27.7 Å². The third kappa shape index (κ3) is 3.31. The van der Waals surface area contributed by atoms with Crippen molar-refractivity contribution in [2.75, 3.05) is 11.6 Å². The molecule has 0 bridgehead atoms. The van der Waals surface area contributed by atoms with Crippen LogP contribution in [0.3, 0.4) is 0 Å². The molecule has 138 valence electrons. The molecule has 7 heteroatoms. The average Bonchev–Trinajstić information content (AvgIpc) is 2.52. The first-order chi connectivity index (χ1) is 12.0. The lowest BCUT2D eigenvalue weighted by Gasteiger charge is -2.29. The highest BCUT2D eigenvalue weighted by molar-refractivity contribution is 7.90. The van der Waals surface area contributed by atoms with Gasteiger partial charge in [-0.05, 0) is 36.6 Å². The SMILES string of the molecule is CC(Nc1nc2cc[nH]c(=O)c2c2cc(S(C)(=O)=O)ccc12)C(C)(C)C. The highest BCUT2D eigenvalue weighted by Crippen LogP contribution is 2.31. The van der Waals surface area contributed by atoms with Crippen LogP contribution in [0, 0.1) is 5.41 Å². The molecule has 0 saturated carbocycles. The molecule has 1 atom stereocenters. The van der Waals surface area contributed by atoms with E-state index < -0.39 is 9.84 Å². The van der Waals surface area contributed by atoms with Gasteiger partial charge in [-0.1, -0.05) is 20.8 Å². The van der Waals surface area contributed by atoms with Gasteiger partial charge < -0.3 is 10.3 Å². The lowest BCUT2D eigenvalue weighted by atomic mass is 9.88. The molecule has 0 aliphatic heterocycles. The Bertz CT molecular complexity index is 1160. The minimum absolute atomic E-state index is 0.00379. The number of rotatable bonds is 3. The summed E-state index contributed by atoms with van der Waals surface area (Å²) in [6.45, 7) is 8.45. The summed E-state index contributed by atoms with van der Waals surface area (Å²) >= 11 is 0. The molecule has 6 nitrogen and oxygen atoms in total. The molecule has 0 aliphatic rings. The minimum Gasteiger partial charge on any atom is -0.367 e. The fourth-order valence-electron chi connectivity index (χ4n) is 2.70. The maximum absolute atomic E-state index is 12.4. The molecular formula is C19H23N3O3S. The van der Waals surface area contributed by atoms with E-state index >= 15 is 0 Å². The molecule has 0 fully saturated rings. The highest BCUT2D eigenvalue weighted by Gasteiger charge is 2.22. The summed E-state index contributed by atoms with van der Waals surface area (Å²) in [5.74, 6) is 0.639. The standard InChI is InChI=1S/C19H23N3O3S/c1-11(19(2,3)4)21-17-13-7-6-12(26(5,24)25)10-14(13)16-15(22-17)8-9-20-18(16)23/h6-11H,1-5H3,(H,20,23)(H,21,22). The van der Waals surface area contributed by atoms with Gasteiger partial charge in [-0.25, -0.2) is 13.4 Å². The van der Waals surface area contributed by atoms with Gasteiger partial charge in [0.25, 0.3) is 5.56 Å². The molecule has 26 heavy (non-hydrogen) atoms. The van der Waals surface area contributed by atoms with Crippen LogP contribution < -0.4 is 10.9 Å². The summed E-state index contributed by atoms with van der Waals surface area (Å²) in [5.41, 5.74) is 0.237. The number of nitrogens with one attached hydrogen (secondary N) is 2. The zero-order valence-electron chi connectivity index (χ0n) is 15.5. The number of aromatic amines is 1. The van der Waals surface area contributed by atoms with Crippen molar-refractivity contribution in [3.63, 3.8) is 0 Å². The molecule has 0 radical (unpaired) electrons. The van der Waals surface area contributed by atoms with Crippen LogP contribution in [0.4, 0.5) is 5.82 Å². The predicted molar refractivity (Wildman–Crippen MR) is 106 cm³/mol. The number of nitrogens with zero attached hydrogens (tertiary/aromatic N) is 1. The molecule has 0 aliphatic carbocycles. The van der Waals surface area contributed by atoms with E-state index in [4.69, 9.17) is 0 Å². The molecule has 3 rings (SSSR count). The van der Waals surface area contributed by atoms with E-state index in [2.05, 4.69) is 43.0 Å². The van der Waals surface area contributed by atoms with Crippen LogP contribution in [0.15, 0.2) is 40.2 Å². The monoisotopic (exact) mass is 373 g/mol. The average molecular weight is 373 g/mol. The second kappa shape index (κ2) is 6.09. The Hall–Kier alpha value is -2.41. The summed E-state index contributed by atoms with van der Waals surface area (Å²) < 4.78 is 23.9. The Morgan fingerprint density at radius 1 is 1.15 bits per heavy atom. The maximum Gasteiger partial charge on any atom is 0.258 e. The number of aromatic nitrogens is 2. The topological polar surface area (TPSA) is 91.9 Å². The quantitative estimate of drug-likeness (QED) is 0.687. The third-order valence-electron chi connectivity index (χ3n) is 4.77. The van der Waals surface area contributed by atoms with Crippen LogP contribution in [-0.2, 0) is 9.84 Å². The molecule has 0 saturated heterocycles. The molecule has 0 amide bonds. The second-order valence-electron chi connectivity index (χ2n) is 7.74. The van der Waals surface area contributed by atoms with E-state index in [1.807, 2.05) is 0 Å². The molecule has 2 heterocycles. The highest BCUT2D eigenvalue weighted by atomic mass is 32.2. The molecule has 0 spiro atoms. The molecule has 1 aromatic carbocycles. The number of pyridine rings is 2. The number of benzene rings is 1. The Labute approximate surface area is 152 Å². The van der Waals surface area contributed by atoms with Gasteiger partial charge in [0.05, 0.1) is 15.8 Å². The molecule has 2 N–H and O–H groups in total. The van der Waals surface area contributed by atoms with Crippen molar-refractivity contribution >= 4 is 37.3 Å². The van der Waals surface area contributed by atoms with E-state index in [0.717, 1.165) is 11.6 Å². The number of sulfone groups is 1. The van der Waals surface area contributed by atoms with Crippen molar-refractivity contribution in [3.8, 4) is 0 Å². The normalized spacial score (nSPS) is 13.9. The van der Waals surface area contributed by atoms with Crippen LogP contribution in [0.5, 0.6) is 0 Å². The van der Waals surface area contributed by atoms with Gasteiger partial charge in [-0.3, -0.25) is 4.79 Å². The zero-order chi connectivity index (χ0) is 19.3. The Morgan fingerprint density at radius 3 is 2.46 bits per heavy atom. The predicted octanol–water partition coefficient (Wildman–Crippen LogP) is 3.33. The van der Waals surface area contributed by atoms with Gasteiger partial charge >= 0.3 is 0 Å². The van der Waals surface area contributed by atoms with Crippen LogP contribution in [0.2, 0.25) is 0 Å². The number of H-pyrrole nitrogens is 1. The van der Waals surface area contributed by atoms with Gasteiger partial charge in [-0.15, -0.1) is 0 Å². The fraction of sp³-hybridized carbons (Fsp3) is 0.368. The van der Waals surface area contributed by atoms with Crippen molar-refractivity contribution in [2.45, 2.75) is 38.6 Å². The Morgan fingerprint density at radius 2 is 1.85 bits per heavy atom. The molecule has 2 aromatic heterocycles.